The molecule has 1 aromatic rings. The summed E-state index contributed by atoms with van der Waals surface area (Å²) in [5.41, 5.74) is 0.906. The van der Waals surface area contributed by atoms with Gasteiger partial charge in [0.05, 0.1) is 6.61 Å². The van der Waals surface area contributed by atoms with Crippen LogP contribution in [0.4, 0.5) is 0 Å². The summed E-state index contributed by atoms with van der Waals surface area (Å²) in [7, 11) is 1.57. The van der Waals surface area contributed by atoms with Gasteiger partial charge in [-0.2, -0.15) is 0 Å². The maximum Gasteiger partial charge on any atom is 0.146 e. The molecule has 0 amide bonds. The molecular formula is C9H10Cl2O2. The van der Waals surface area contributed by atoms with Crippen molar-refractivity contribution in [1.29, 1.82) is 0 Å². The zero-order valence-electron chi connectivity index (χ0n) is 7.22. The van der Waals surface area contributed by atoms with Crippen molar-refractivity contribution in [3.8, 4) is 0 Å². The molecule has 72 valence electrons. The van der Waals surface area contributed by atoms with E-state index in [1.54, 1.807) is 19.2 Å². The summed E-state index contributed by atoms with van der Waals surface area (Å²) in [5.74, 6) is 0. The fraction of sp³-hybridized carbons (Fsp3) is 0.333. The van der Waals surface area contributed by atoms with Crippen LogP contribution in [-0.4, -0.2) is 13.9 Å². The van der Waals surface area contributed by atoms with Gasteiger partial charge in [-0.15, -0.1) is 0 Å². The van der Waals surface area contributed by atoms with Crippen molar-refractivity contribution in [2.75, 3.05) is 13.9 Å². The minimum atomic E-state index is 0.263. The Morgan fingerprint density at radius 1 is 1.31 bits per heavy atom. The van der Waals surface area contributed by atoms with Gasteiger partial charge >= 0.3 is 0 Å². The quantitative estimate of drug-likeness (QED) is 0.574. The van der Waals surface area contributed by atoms with Crippen LogP contribution in [0.3, 0.4) is 0 Å². The van der Waals surface area contributed by atoms with E-state index in [2.05, 4.69) is 0 Å². The number of rotatable bonds is 4. The number of benzene rings is 1. The second-order valence-corrected chi connectivity index (χ2v) is 3.33. The number of ether oxygens (including phenoxy) is 2. The zero-order chi connectivity index (χ0) is 9.68. The Labute approximate surface area is 87.4 Å². The SMILES string of the molecule is COCOCc1ccc(Cl)cc1Cl. The van der Waals surface area contributed by atoms with Gasteiger partial charge < -0.3 is 9.47 Å². The summed E-state index contributed by atoms with van der Waals surface area (Å²) in [5, 5.41) is 1.24. The van der Waals surface area contributed by atoms with E-state index in [0.29, 0.717) is 16.7 Å². The van der Waals surface area contributed by atoms with Crippen LogP contribution in [0.5, 0.6) is 0 Å². The minimum Gasteiger partial charge on any atom is -0.359 e. The van der Waals surface area contributed by atoms with Crippen molar-refractivity contribution in [2.24, 2.45) is 0 Å². The van der Waals surface area contributed by atoms with Gasteiger partial charge in [-0.25, -0.2) is 0 Å². The monoisotopic (exact) mass is 220 g/mol. The first kappa shape index (κ1) is 10.8. The van der Waals surface area contributed by atoms with E-state index in [-0.39, 0.29) is 6.79 Å². The molecule has 0 aromatic heterocycles. The molecule has 0 fully saturated rings. The third-order valence-electron chi connectivity index (χ3n) is 1.47. The molecule has 0 aliphatic rings. The molecule has 0 bridgehead atoms. The fourth-order valence-electron chi connectivity index (χ4n) is 0.874. The molecule has 0 aliphatic carbocycles. The molecule has 0 aliphatic heterocycles. The Balaban J connectivity index is 2.56. The molecule has 0 heterocycles. The summed E-state index contributed by atoms with van der Waals surface area (Å²) in [6, 6.07) is 5.30. The Bertz CT molecular complexity index is 276. The molecule has 13 heavy (non-hydrogen) atoms. The average molecular weight is 221 g/mol. The minimum absolute atomic E-state index is 0.263. The second kappa shape index (κ2) is 5.45. The highest BCUT2D eigenvalue weighted by Gasteiger charge is 2.00. The molecule has 0 N–H and O–H groups in total. The predicted molar refractivity (Wildman–Crippen MR) is 53.1 cm³/mol. The lowest BCUT2D eigenvalue weighted by Gasteiger charge is -2.05. The molecular weight excluding hydrogens is 211 g/mol. The summed E-state index contributed by atoms with van der Waals surface area (Å²) >= 11 is 11.6. The van der Waals surface area contributed by atoms with Gasteiger partial charge in [0.25, 0.3) is 0 Å². The molecule has 2 nitrogen and oxygen atoms in total. The van der Waals surface area contributed by atoms with Crippen LogP contribution in [0, 0.1) is 0 Å². The van der Waals surface area contributed by atoms with Gasteiger partial charge in [-0.1, -0.05) is 29.3 Å². The molecule has 1 aromatic carbocycles. The van der Waals surface area contributed by atoms with Gasteiger partial charge in [0.15, 0.2) is 0 Å². The number of methoxy groups -OCH3 is 1. The molecule has 0 spiro atoms. The van der Waals surface area contributed by atoms with Crippen molar-refractivity contribution in [3.05, 3.63) is 33.8 Å². The maximum absolute atomic E-state index is 5.90. The van der Waals surface area contributed by atoms with Gasteiger partial charge in [-0.05, 0) is 17.7 Å². The first-order valence-electron chi connectivity index (χ1n) is 3.74. The highest BCUT2D eigenvalue weighted by Crippen LogP contribution is 2.21. The van der Waals surface area contributed by atoms with E-state index >= 15 is 0 Å². The van der Waals surface area contributed by atoms with Crippen LogP contribution in [0.2, 0.25) is 10.0 Å². The van der Waals surface area contributed by atoms with E-state index in [1.165, 1.54) is 0 Å². The standard InChI is InChI=1S/C9H10Cl2O2/c1-12-6-13-5-7-2-3-8(10)4-9(7)11/h2-4H,5-6H2,1H3. The van der Waals surface area contributed by atoms with Crippen molar-refractivity contribution in [2.45, 2.75) is 6.61 Å². The van der Waals surface area contributed by atoms with Crippen LogP contribution in [0.1, 0.15) is 5.56 Å². The molecule has 0 saturated carbocycles. The van der Waals surface area contributed by atoms with Crippen LogP contribution in [-0.2, 0) is 16.1 Å². The highest BCUT2D eigenvalue weighted by molar-refractivity contribution is 6.35. The smallest absolute Gasteiger partial charge is 0.146 e. The topological polar surface area (TPSA) is 18.5 Å². The predicted octanol–water partition coefficient (Wildman–Crippen LogP) is 3.11. The molecule has 4 heteroatoms. The van der Waals surface area contributed by atoms with Crippen LogP contribution >= 0.6 is 23.2 Å². The fourth-order valence-corrected chi connectivity index (χ4v) is 1.34. The summed E-state index contributed by atoms with van der Waals surface area (Å²) in [6.45, 7) is 0.697. The van der Waals surface area contributed by atoms with Gasteiger partial charge in [-0.3, -0.25) is 0 Å². The van der Waals surface area contributed by atoms with Crippen molar-refractivity contribution in [1.82, 2.24) is 0 Å². The van der Waals surface area contributed by atoms with E-state index < -0.39 is 0 Å². The number of halogens is 2. The van der Waals surface area contributed by atoms with E-state index in [0.717, 1.165) is 5.56 Å². The molecule has 1 rings (SSSR count). The van der Waals surface area contributed by atoms with Crippen molar-refractivity contribution < 1.29 is 9.47 Å². The van der Waals surface area contributed by atoms with E-state index in [1.807, 2.05) is 6.07 Å². The first-order valence-corrected chi connectivity index (χ1v) is 4.50. The first-order chi connectivity index (χ1) is 6.24. The van der Waals surface area contributed by atoms with Crippen LogP contribution in [0.25, 0.3) is 0 Å². The van der Waals surface area contributed by atoms with E-state index in [4.69, 9.17) is 32.7 Å². The Morgan fingerprint density at radius 3 is 2.69 bits per heavy atom. The largest absolute Gasteiger partial charge is 0.359 e. The Kier molecular flexibility index (Phi) is 4.53. The molecule has 0 radical (unpaired) electrons. The lowest BCUT2D eigenvalue weighted by molar-refractivity contribution is -0.0390. The number of hydrogen-bond acceptors (Lipinski definition) is 2. The molecule has 0 saturated heterocycles. The van der Waals surface area contributed by atoms with Crippen molar-refractivity contribution in [3.63, 3.8) is 0 Å². The third kappa shape index (κ3) is 3.53. The van der Waals surface area contributed by atoms with Gasteiger partial charge in [0, 0.05) is 17.2 Å². The Hall–Kier alpha value is -0.280. The number of hydrogen-bond donors (Lipinski definition) is 0. The summed E-state index contributed by atoms with van der Waals surface area (Å²) in [6.07, 6.45) is 0. The van der Waals surface area contributed by atoms with Gasteiger partial charge in [0.1, 0.15) is 6.79 Å². The summed E-state index contributed by atoms with van der Waals surface area (Å²) < 4.78 is 9.88. The summed E-state index contributed by atoms with van der Waals surface area (Å²) in [4.78, 5) is 0. The van der Waals surface area contributed by atoms with Crippen molar-refractivity contribution >= 4 is 23.2 Å². The maximum atomic E-state index is 5.90. The average Bonchev–Trinajstić information content (AvgIpc) is 2.09. The third-order valence-corrected chi connectivity index (χ3v) is 2.06. The lowest BCUT2D eigenvalue weighted by atomic mass is 10.2. The molecule has 0 atom stereocenters. The lowest BCUT2D eigenvalue weighted by Crippen LogP contribution is -1.97. The zero-order valence-corrected chi connectivity index (χ0v) is 8.73. The van der Waals surface area contributed by atoms with E-state index in [9.17, 15) is 0 Å². The van der Waals surface area contributed by atoms with Crippen LogP contribution in [0.15, 0.2) is 18.2 Å². The van der Waals surface area contributed by atoms with Crippen LogP contribution < -0.4 is 0 Å². The van der Waals surface area contributed by atoms with Gasteiger partial charge in [0.2, 0.25) is 0 Å². The molecule has 0 unspecified atom stereocenters. The highest BCUT2D eigenvalue weighted by atomic mass is 35.5. The normalized spacial score (nSPS) is 10.4. The second-order valence-electron chi connectivity index (χ2n) is 2.49. The Morgan fingerprint density at radius 2 is 2.08 bits per heavy atom.